The molecule has 0 aliphatic carbocycles. The Kier molecular flexibility index (Phi) is 3.92. The van der Waals surface area contributed by atoms with Crippen LogP contribution in [-0.4, -0.2) is 5.78 Å². The third-order valence-electron chi connectivity index (χ3n) is 3.04. The molecule has 1 nitrogen and oxygen atoms in total. The van der Waals surface area contributed by atoms with Gasteiger partial charge in [-0.3, -0.25) is 4.79 Å². The molecule has 88 valence electrons. The third kappa shape index (κ3) is 3.16. The highest BCUT2D eigenvalue weighted by molar-refractivity contribution is 5.83. The smallest absolute Gasteiger partial charge is 0.133 e. The van der Waals surface area contributed by atoms with Crippen molar-refractivity contribution in [1.29, 1.82) is 0 Å². The van der Waals surface area contributed by atoms with E-state index < -0.39 is 0 Å². The van der Waals surface area contributed by atoms with Crippen molar-refractivity contribution in [3.63, 3.8) is 0 Å². The van der Waals surface area contributed by atoms with Gasteiger partial charge in [0, 0.05) is 12.8 Å². The van der Waals surface area contributed by atoms with Gasteiger partial charge in [0.1, 0.15) is 5.78 Å². The number of hydrogen-bond acceptors (Lipinski definition) is 1. The van der Waals surface area contributed by atoms with Crippen molar-refractivity contribution in [3.8, 4) is 0 Å². The molecule has 1 heteroatoms. The summed E-state index contributed by atoms with van der Waals surface area (Å²) >= 11 is 0. The number of carbonyl (C=O) groups excluding carboxylic acids is 1. The summed E-state index contributed by atoms with van der Waals surface area (Å²) in [6, 6.07) is 14.8. The van der Waals surface area contributed by atoms with Crippen LogP contribution in [-0.2, 0) is 11.2 Å². The summed E-state index contributed by atoms with van der Waals surface area (Å²) in [4.78, 5) is 11.5. The van der Waals surface area contributed by atoms with E-state index in [2.05, 4.69) is 30.3 Å². The number of Topliss-reactive ketones (excluding diaryl/α,β-unsaturated/α-hetero) is 1. The van der Waals surface area contributed by atoms with Crippen LogP contribution in [0.1, 0.15) is 31.7 Å². The highest BCUT2D eigenvalue weighted by Crippen LogP contribution is 2.16. The molecule has 0 bridgehead atoms. The lowest BCUT2D eigenvalue weighted by Crippen LogP contribution is -1.99. The van der Waals surface area contributed by atoms with E-state index in [1.807, 2.05) is 19.1 Å². The zero-order valence-corrected chi connectivity index (χ0v) is 10.3. The number of ketones is 1. The topological polar surface area (TPSA) is 17.1 Å². The van der Waals surface area contributed by atoms with Crippen LogP contribution in [0, 0.1) is 0 Å². The molecule has 0 fully saturated rings. The number of carbonyl (C=O) groups is 1. The van der Waals surface area contributed by atoms with E-state index in [0.717, 1.165) is 12.8 Å². The van der Waals surface area contributed by atoms with Crippen LogP contribution >= 0.6 is 0 Å². The van der Waals surface area contributed by atoms with Crippen molar-refractivity contribution in [2.45, 2.75) is 32.6 Å². The first-order chi connectivity index (χ1) is 8.29. The normalized spacial score (nSPS) is 10.6. The fraction of sp³-hybridized carbons (Fsp3) is 0.312. The summed E-state index contributed by atoms with van der Waals surface area (Å²) in [5.74, 6) is 0.376. The Labute approximate surface area is 102 Å². The highest BCUT2D eigenvalue weighted by Gasteiger charge is 2.02. The Hall–Kier alpha value is -1.63. The molecular formula is C16H18O. The molecule has 0 radical (unpaired) electrons. The fourth-order valence-corrected chi connectivity index (χ4v) is 2.08. The lowest BCUT2D eigenvalue weighted by molar-refractivity contribution is -0.119. The first-order valence-electron chi connectivity index (χ1n) is 6.29. The average Bonchev–Trinajstić information content (AvgIpc) is 2.36. The minimum Gasteiger partial charge on any atom is -0.300 e. The molecule has 0 aromatic heterocycles. The van der Waals surface area contributed by atoms with Crippen molar-refractivity contribution < 1.29 is 4.79 Å². The van der Waals surface area contributed by atoms with E-state index in [-0.39, 0.29) is 0 Å². The zero-order valence-electron chi connectivity index (χ0n) is 10.3. The Balaban J connectivity index is 2.06. The maximum Gasteiger partial charge on any atom is 0.133 e. The Morgan fingerprint density at radius 2 is 1.76 bits per heavy atom. The van der Waals surface area contributed by atoms with Gasteiger partial charge in [-0.25, -0.2) is 0 Å². The second kappa shape index (κ2) is 5.62. The van der Waals surface area contributed by atoms with Gasteiger partial charge in [-0.05, 0) is 29.2 Å². The molecule has 0 unspecified atom stereocenters. The van der Waals surface area contributed by atoms with Gasteiger partial charge >= 0.3 is 0 Å². The van der Waals surface area contributed by atoms with Gasteiger partial charge in [-0.15, -0.1) is 0 Å². The quantitative estimate of drug-likeness (QED) is 0.748. The number of hydrogen-bond donors (Lipinski definition) is 0. The molecule has 0 aliphatic rings. The summed E-state index contributed by atoms with van der Waals surface area (Å²) < 4.78 is 0. The molecule has 17 heavy (non-hydrogen) atoms. The number of rotatable bonds is 5. The summed E-state index contributed by atoms with van der Waals surface area (Å²) in [5, 5.41) is 2.52. The third-order valence-corrected chi connectivity index (χ3v) is 3.04. The molecule has 0 spiro atoms. The van der Waals surface area contributed by atoms with Gasteiger partial charge < -0.3 is 0 Å². The predicted octanol–water partition coefficient (Wildman–Crippen LogP) is 4.14. The first kappa shape index (κ1) is 11.8. The average molecular weight is 226 g/mol. The van der Waals surface area contributed by atoms with Crippen molar-refractivity contribution in [2.24, 2.45) is 0 Å². The van der Waals surface area contributed by atoms with Crippen molar-refractivity contribution in [1.82, 2.24) is 0 Å². The first-order valence-corrected chi connectivity index (χ1v) is 6.29. The van der Waals surface area contributed by atoms with Crippen LogP contribution in [0.15, 0.2) is 42.5 Å². The minimum absolute atomic E-state index is 0.376. The van der Waals surface area contributed by atoms with Crippen LogP contribution in [0.2, 0.25) is 0 Å². The van der Waals surface area contributed by atoms with Gasteiger partial charge in [-0.1, -0.05) is 49.4 Å². The van der Waals surface area contributed by atoms with E-state index in [1.165, 1.54) is 16.3 Å². The monoisotopic (exact) mass is 226 g/mol. The standard InChI is InChI=1S/C16H18O/c1-2-5-16(17)11-9-13-8-10-14-6-3-4-7-15(14)12-13/h3-4,6-8,10,12H,2,5,9,11H2,1H3. The van der Waals surface area contributed by atoms with Gasteiger partial charge in [0.2, 0.25) is 0 Å². The van der Waals surface area contributed by atoms with Crippen molar-refractivity contribution >= 4 is 16.6 Å². The molecule has 0 amide bonds. The Morgan fingerprint density at radius 3 is 2.53 bits per heavy atom. The summed E-state index contributed by atoms with van der Waals surface area (Å²) in [5.41, 5.74) is 1.26. The SMILES string of the molecule is CCCC(=O)CCc1ccc2ccccc2c1. The van der Waals surface area contributed by atoms with Crippen LogP contribution in [0.5, 0.6) is 0 Å². The van der Waals surface area contributed by atoms with Crippen molar-refractivity contribution in [3.05, 3.63) is 48.0 Å². The number of fused-ring (bicyclic) bond motifs is 1. The molecule has 0 N–H and O–H groups in total. The zero-order chi connectivity index (χ0) is 12.1. The lowest BCUT2D eigenvalue weighted by atomic mass is 10.0. The summed E-state index contributed by atoms with van der Waals surface area (Å²) in [7, 11) is 0. The molecule has 0 atom stereocenters. The highest BCUT2D eigenvalue weighted by atomic mass is 16.1. The summed E-state index contributed by atoms with van der Waals surface area (Å²) in [6.45, 7) is 2.05. The molecule has 0 saturated carbocycles. The molecule has 0 saturated heterocycles. The van der Waals surface area contributed by atoms with E-state index >= 15 is 0 Å². The maximum atomic E-state index is 11.5. The van der Waals surface area contributed by atoms with Crippen molar-refractivity contribution in [2.75, 3.05) is 0 Å². The Bertz CT molecular complexity index is 514. The Morgan fingerprint density at radius 1 is 1.00 bits per heavy atom. The second-order valence-corrected chi connectivity index (χ2v) is 4.47. The molecule has 2 rings (SSSR count). The van der Waals surface area contributed by atoms with E-state index in [1.54, 1.807) is 0 Å². The predicted molar refractivity (Wildman–Crippen MR) is 72.2 cm³/mol. The molecule has 2 aromatic rings. The van der Waals surface area contributed by atoms with E-state index in [0.29, 0.717) is 18.6 Å². The number of aryl methyl sites for hydroxylation is 1. The second-order valence-electron chi connectivity index (χ2n) is 4.47. The van der Waals surface area contributed by atoms with Crippen LogP contribution in [0.3, 0.4) is 0 Å². The van der Waals surface area contributed by atoms with Gasteiger partial charge in [-0.2, -0.15) is 0 Å². The van der Waals surface area contributed by atoms with Crippen LogP contribution in [0.4, 0.5) is 0 Å². The van der Waals surface area contributed by atoms with Crippen LogP contribution in [0.25, 0.3) is 10.8 Å². The molecule has 2 aromatic carbocycles. The van der Waals surface area contributed by atoms with Gasteiger partial charge in [0.05, 0.1) is 0 Å². The molecule has 0 aliphatic heterocycles. The van der Waals surface area contributed by atoms with Gasteiger partial charge in [0.25, 0.3) is 0 Å². The minimum atomic E-state index is 0.376. The van der Waals surface area contributed by atoms with Gasteiger partial charge in [0.15, 0.2) is 0 Å². The lowest BCUT2D eigenvalue weighted by Gasteiger charge is -2.03. The van der Waals surface area contributed by atoms with Crippen LogP contribution < -0.4 is 0 Å². The van der Waals surface area contributed by atoms with E-state index in [9.17, 15) is 4.79 Å². The maximum absolute atomic E-state index is 11.5. The van der Waals surface area contributed by atoms with E-state index in [4.69, 9.17) is 0 Å². The fourth-order valence-electron chi connectivity index (χ4n) is 2.08. The largest absolute Gasteiger partial charge is 0.300 e. The number of benzene rings is 2. The summed E-state index contributed by atoms with van der Waals surface area (Å²) in [6.07, 6.45) is 3.21. The molecule has 0 heterocycles. The molecular weight excluding hydrogens is 208 g/mol.